The fraction of sp³-hybridized carbons (Fsp3) is 0.0909. The summed E-state index contributed by atoms with van der Waals surface area (Å²) in [7, 11) is 1.89. The smallest absolute Gasteiger partial charge is 0.161 e. The third kappa shape index (κ3) is 3.82. The highest BCUT2D eigenvalue weighted by Gasteiger charge is 2.07. The Hall–Kier alpha value is -3.60. The van der Waals surface area contributed by atoms with Crippen molar-refractivity contribution in [3.05, 3.63) is 84.6 Å². The molecule has 27 heavy (non-hydrogen) atoms. The topological polar surface area (TPSA) is 60.7 Å². The second kappa shape index (κ2) is 7.33. The van der Waals surface area contributed by atoms with Gasteiger partial charge in [0.05, 0.1) is 43.2 Å². The molecule has 4 aromatic rings. The van der Waals surface area contributed by atoms with E-state index < -0.39 is 18.1 Å². The standard InChI is InChI=1S/C22H18N4O/c1-26-15-23-14-22(26)18-9-17-10-19(24-13-21(17)25-12-18)11-20(27)8-7-16-5-3-2-4-6-16/h2-10,12-15H,11H2,1H3/b8-7+/i2D,3D,4D,5D,6D. The zero-order valence-corrected chi connectivity index (χ0v) is 14.5. The molecule has 0 radical (unpaired) electrons. The molecule has 0 aliphatic rings. The molecule has 132 valence electrons. The zero-order chi connectivity index (χ0) is 23.0. The first kappa shape index (κ1) is 11.9. The number of allylic oxidation sites excluding steroid dienone is 1. The second-order valence-corrected chi connectivity index (χ2v) is 6.00. The van der Waals surface area contributed by atoms with Crippen molar-refractivity contribution in [3.63, 3.8) is 0 Å². The van der Waals surface area contributed by atoms with E-state index in [0.717, 1.165) is 16.6 Å². The summed E-state index contributed by atoms with van der Waals surface area (Å²) in [4.78, 5) is 25.3. The van der Waals surface area contributed by atoms with Crippen molar-refractivity contribution < 1.29 is 11.6 Å². The largest absolute Gasteiger partial charge is 0.334 e. The van der Waals surface area contributed by atoms with Crippen molar-refractivity contribution in [2.45, 2.75) is 6.42 Å². The summed E-state index contributed by atoms with van der Waals surface area (Å²) in [6.45, 7) is 0. The van der Waals surface area contributed by atoms with E-state index in [9.17, 15) is 4.79 Å². The van der Waals surface area contributed by atoms with Crippen LogP contribution in [-0.4, -0.2) is 25.3 Å². The first-order valence-electron chi connectivity index (χ1n) is 10.8. The van der Waals surface area contributed by atoms with E-state index in [2.05, 4.69) is 15.0 Å². The van der Waals surface area contributed by atoms with Crippen LogP contribution in [0.2, 0.25) is 0 Å². The molecule has 0 amide bonds. The molecule has 0 fully saturated rings. The molecular weight excluding hydrogens is 336 g/mol. The number of benzene rings is 1. The molecule has 0 saturated heterocycles. The van der Waals surface area contributed by atoms with Crippen LogP contribution in [0, 0.1) is 0 Å². The monoisotopic (exact) mass is 359 g/mol. The summed E-state index contributed by atoms with van der Waals surface area (Å²) in [6, 6.07) is 1.70. The normalized spacial score (nSPS) is 13.9. The summed E-state index contributed by atoms with van der Waals surface area (Å²) in [6.07, 6.45) is 9.27. The van der Waals surface area contributed by atoms with Crippen molar-refractivity contribution in [2.24, 2.45) is 7.05 Å². The predicted molar refractivity (Wildman–Crippen MR) is 106 cm³/mol. The van der Waals surface area contributed by atoms with Crippen LogP contribution in [0.1, 0.15) is 18.1 Å². The fourth-order valence-corrected chi connectivity index (χ4v) is 2.71. The van der Waals surface area contributed by atoms with Gasteiger partial charge in [0.15, 0.2) is 5.78 Å². The van der Waals surface area contributed by atoms with Gasteiger partial charge in [-0.2, -0.15) is 0 Å². The summed E-state index contributed by atoms with van der Waals surface area (Å²) >= 11 is 0. The van der Waals surface area contributed by atoms with Gasteiger partial charge < -0.3 is 4.57 Å². The molecule has 0 aliphatic carbocycles. The van der Waals surface area contributed by atoms with Gasteiger partial charge in [-0.15, -0.1) is 0 Å². The molecule has 3 aromatic heterocycles. The molecule has 0 N–H and O–H groups in total. The van der Waals surface area contributed by atoms with Gasteiger partial charge in [-0.25, -0.2) is 4.98 Å². The number of hydrogen-bond acceptors (Lipinski definition) is 4. The zero-order valence-electron chi connectivity index (χ0n) is 19.5. The summed E-state index contributed by atoms with van der Waals surface area (Å²) in [5.41, 5.74) is 3.01. The Morgan fingerprint density at radius 3 is 2.78 bits per heavy atom. The average Bonchev–Trinajstić information content (AvgIpc) is 3.21. The van der Waals surface area contributed by atoms with Crippen molar-refractivity contribution in [3.8, 4) is 11.3 Å². The van der Waals surface area contributed by atoms with Crippen LogP contribution in [0.15, 0.2) is 73.3 Å². The van der Waals surface area contributed by atoms with Crippen LogP contribution in [0.4, 0.5) is 0 Å². The van der Waals surface area contributed by atoms with Gasteiger partial charge in [0.25, 0.3) is 0 Å². The Labute approximate surface area is 164 Å². The minimum Gasteiger partial charge on any atom is -0.334 e. The number of rotatable bonds is 5. The molecule has 1 aromatic carbocycles. The molecule has 0 saturated carbocycles. The minimum absolute atomic E-state index is 0.00103. The number of hydrogen-bond donors (Lipinski definition) is 0. The Morgan fingerprint density at radius 1 is 1.15 bits per heavy atom. The SMILES string of the molecule is [2H]c1c([2H])c([2H])c(/C=C/C(=O)Cc2cc3cc(-c4cncn4C)cnc3cn2)c([2H])c1[2H]. The highest BCUT2D eigenvalue weighted by Crippen LogP contribution is 2.22. The van der Waals surface area contributed by atoms with Gasteiger partial charge in [-0.1, -0.05) is 36.3 Å². The molecule has 0 spiro atoms. The maximum Gasteiger partial charge on any atom is 0.161 e. The molecule has 0 unspecified atom stereocenters. The number of nitrogens with zero attached hydrogens (tertiary/aromatic N) is 4. The lowest BCUT2D eigenvalue weighted by Crippen LogP contribution is -2.01. The number of carbonyl (C=O) groups excluding carboxylic acids is 1. The number of aromatic nitrogens is 4. The molecule has 4 rings (SSSR count). The van der Waals surface area contributed by atoms with Crippen molar-refractivity contribution in [1.29, 1.82) is 0 Å². The van der Waals surface area contributed by atoms with E-state index in [1.165, 1.54) is 12.2 Å². The van der Waals surface area contributed by atoms with E-state index >= 15 is 0 Å². The van der Waals surface area contributed by atoms with E-state index in [1.807, 2.05) is 17.7 Å². The number of fused-ring (bicyclic) bond motifs is 1. The average molecular weight is 359 g/mol. The Kier molecular flexibility index (Phi) is 3.23. The van der Waals surface area contributed by atoms with E-state index in [-0.39, 0.29) is 29.9 Å². The van der Waals surface area contributed by atoms with Crippen LogP contribution in [0.5, 0.6) is 0 Å². The number of pyridine rings is 2. The van der Waals surface area contributed by atoms with Crippen LogP contribution in [0.25, 0.3) is 28.2 Å². The molecular formula is C22H18N4O. The maximum absolute atomic E-state index is 12.5. The van der Waals surface area contributed by atoms with Gasteiger partial charge >= 0.3 is 0 Å². The third-order valence-corrected chi connectivity index (χ3v) is 4.05. The van der Waals surface area contributed by atoms with Gasteiger partial charge in [0.1, 0.15) is 0 Å². The van der Waals surface area contributed by atoms with Crippen molar-refractivity contribution in [1.82, 2.24) is 19.5 Å². The third-order valence-electron chi connectivity index (χ3n) is 4.05. The summed E-state index contributed by atoms with van der Waals surface area (Å²) in [5, 5.41) is 0.830. The van der Waals surface area contributed by atoms with Crippen molar-refractivity contribution >= 4 is 22.8 Å². The lowest BCUT2D eigenvalue weighted by Gasteiger charge is -2.05. The Morgan fingerprint density at radius 2 is 2.00 bits per heavy atom. The molecule has 0 atom stereocenters. The second-order valence-electron chi connectivity index (χ2n) is 6.00. The van der Waals surface area contributed by atoms with E-state index in [0.29, 0.717) is 11.2 Å². The Balaban J connectivity index is 1.58. The maximum atomic E-state index is 12.5. The lowest BCUT2D eigenvalue weighted by atomic mass is 10.1. The highest BCUT2D eigenvalue weighted by atomic mass is 16.1. The van der Waals surface area contributed by atoms with Crippen molar-refractivity contribution in [2.75, 3.05) is 0 Å². The number of carbonyl (C=O) groups is 1. The molecule has 5 heteroatoms. The molecule has 5 nitrogen and oxygen atoms in total. The first-order chi connectivity index (χ1) is 15.3. The summed E-state index contributed by atoms with van der Waals surface area (Å²) in [5.74, 6) is -0.306. The molecule has 0 aliphatic heterocycles. The van der Waals surface area contributed by atoms with Crippen LogP contribution < -0.4 is 0 Å². The van der Waals surface area contributed by atoms with Gasteiger partial charge in [0.2, 0.25) is 0 Å². The number of ketones is 1. The lowest BCUT2D eigenvalue weighted by molar-refractivity contribution is -0.114. The van der Waals surface area contributed by atoms with E-state index in [4.69, 9.17) is 6.85 Å². The number of imidazole rings is 1. The fourth-order valence-electron chi connectivity index (χ4n) is 2.71. The molecule has 3 heterocycles. The van der Waals surface area contributed by atoms with Crippen LogP contribution in [0.3, 0.4) is 0 Å². The Bertz CT molecular complexity index is 1370. The van der Waals surface area contributed by atoms with Crippen LogP contribution in [-0.2, 0) is 18.3 Å². The van der Waals surface area contributed by atoms with Crippen LogP contribution >= 0.6 is 0 Å². The first-order valence-corrected chi connectivity index (χ1v) is 8.25. The summed E-state index contributed by atoms with van der Waals surface area (Å²) < 4.78 is 40.8. The highest BCUT2D eigenvalue weighted by molar-refractivity contribution is 5.95. The predicted octanol–water partition coefficient (Wildman–Crippen LogP) is 3.86. The molecule has 0 bridgehead atoms. The van der Waals surface area contributed by atoms with Gasteiger partial charge in [-0.3, -0.25) is 14.8 Å². The quantitative estimate of drug-likeness (QED) is 0.508. The minimum atomic E-state index is -0.469. The van der Waals surface area contributed by atoms with Gasteiger partial charge in [0, 0.05) is 29.9 Å². The number of aryl methyl sites for hydroxylation is 1. The van der Waals surface area contributed by atoms with Gasteiger partial charge in [-0.05, 0) is 23.8 Å². The van der Waals surface area contributed by atoms with E-state index in [1.54, 1.807) is 31.0 Å².